The number of likely N-dealkylation sites (tertiary alicyclic amines) is 1. The van der Waals surface area contributed by atoms with E-state index in [1.54, 1.807) is 7.11 Å². The highest BCUT2D eigenvalue weighted by Gasteiger charge is 2.28. The van der Waals surface area contributed by atoms with Gasteiger partial charge in [-0.1, -0.05) is 12.8 Å². The molecule has 1 aliphatic heterocycles. The highest BCUT2D eigenvalue weighted by molar-refractivity contribution is 5.32. The Morgan fingerprint density at radius 2 is 2.04 bits per heavy atom. The van der Waals surface area contributed by atoms with Gasteiger partial charge in [0.05, 0.1) is 12.3 Å². The number of hydrogen-bond acceptors (Lipinski definition) is 5. The molecule has 0 radical (unpaired) electrons. The fourth-order valence-corrected chi connectivity index (χ4v) is 4.00. The normalized spacial score (nSPS) is 23.3. The quantitative estimate of drug-likeness (QED) is 0.783. The number of ether oxygens (including phenoxy) is 1. The van der Waals surface area contributed by atoms with Gasteiger partial charge in [0.2, 0.25) is 0 Å². The number of piperidine rings is 1. The van der Waals surface area contributed by atoms with Crippen LogP contribution >= 0.6 is 0 Å². The molecule has 1 saturated heterocycles. The van der Waals surface area contributed by atoms with Gasteiger partial charge in [0.25, 0.3) is 0 Å². The average Bonchev–Trinajstić information content (AvgIpc) is 3.12. The molecule has 3 rings (SSSR count). The first-order valence-electron chi connectivity index (χ1n) is 9.14. The van der Waals surface area contributed by atoms with Crippen molar-refractivity contribution in [2.45, 2.75) is 51.0 Å². The Kier molecular flexibility index (Phi) is 6.22. The lowest BCUT2D eigenvalue weighted by Gasteiger charge is -2.36. The maximum Gasteiger partial charge on any atom is 0.148 e. The zero-order valence-electron chi connectivity index (χ0n) is 14.3. The molecule has 2 heterocycles. The van der Waals surface area contributed by atoms with Gasteiger partial charge in [-0.05, 0) is 56.7 Å². The van der Waals surface area contributed by atoms with Gasteiger partial charge < -0.3 is 15.0 Å². The van der Waals surface area contributed by atoms with Crippen LogP contribution in [0, 0.1) is 5.92 Å². The largest absolute Gasteiger partial charge is 0.383 e. The SMILES string of the molecule is COCCNc1ccc(CC2CCCN(C3CCCC3)C2)nn1. The van der Waals surface area contributed by atoms with E-state index in [0.29, 0.717) is 6.61 Å². The van der Waals surface area contributed by atoms with Crippen molar-refractivity contribution in [1.82, 2.24) is 15.1 Å². The summed E-state index contributed by atoms with van der Waals surface area (Å²) in [6, 6.07) is 5.02. The number of aromatic nitrogens is 2. The van der Waals surface area contributed by atoms with E-state index < -0.39 is 0 Å². The highest BCUT2D eigenvalue weighted by Crippen LogP contribution is 2.28. The van der Waals surface area contributed by atoms with Gasteiger partial charge in [0.15, 0.2) is 0 Å². The van der Waals surface area contributed by atoms with Gasteiger partial charge in [-0.15, -0.1) is 5.10 Å². The number of methoxy groups -OCH3 is 1. The van der Waals surface area contributed by atoms with Crippen LogP contribution in [0.15, 0.2) is 12.1 Å². The molecular weight excluding hydrogens is 288 g/mol. The lowest BCUT2D eigenvalue weighted by molar-refractivity contribution is 0.124. The average molecular weight is 318 g/mol. The molecule has 5 heteroatoms. The molecule has 0 bridgehead atoms. The van der Waals surface area contributed by atoms with Crippen molar-refractivity contribution in [2.75, 3.05) is 38.7 Å². The summed E-state index contributed by atoms with van der Waals surface area (Å²) in [5.41, 5.74) is 1.13. The second-order valence-corrected chi connectivity index (χ2v) is 6.98. The van der Waals surface area contributed by atoms with Gasteiger partial charge in [-0.25, -0.2) is 0 Å². The first-order chi connectivity index (χ1) is 11.3. The van der Waals surface area contributed by atoms with Gasteiger partial charge in [-0.2, -0.15) is 5.10 Å². The van der Waals surface area contributed by atoms with Crippen molar-refractivity contribution < 1.29 is 4.74 Å². The Bertz CT molecular complexity index is 459. The monoisotopic (exact) mass is 318 g/mol. The van der Waals surface area contributed by atoms with Crippen LogP contribution in [0.2, 0.25) is 0 Å². The number of anilines is 1. The van der Waals surface area contributed by atoms with Crippen LogP contribution in [0.25, 0.3) is 0 Å². The van der Waals surface area contributed by atoms with Gasteiger partial charge in [0.1, 0.15) is 5.82 Å². The molecule has 1 aliphatic carbocycles. The van der Waals surface area contributed by atoms with Crippen molar-refractivity contribution in [3.8, 4) is 0 Å². The third-order valence-electron chi connectivity index (χ3n) is 5.22. The molecule has 2 aliphatic rings. The van der Waals surface area contributed by atoms with Crippen molar-refractivity contribution in [2.24, 2.45) is 5.92 Å². The molecule has 1 atom stereocenters. The Morgan fingerprint density at radius 3 is 2.78 bits per heavy atom. The molecule has 2 fully saturated rings. The Hall–Kier alpha value is -1.20. The van der Waals surface area contributed by atoms with Crippen LogP contribution in [0.3, 0.4) is 0 Å². The van der Waals surface area contributed by atoms with Crippen molar-refractivity contribution in [1.29, 1.82) is 0 Å². The number of nitrogens with one attached hydrogen (secondary N) is 1. The number of hydrogen-bond donors (Lipinski definition) is 1. The number of nitrogens with zero attached hydrogens (tertiary/aromatic N) is 3. The lowest BCUT2D eigenvalue weighted by atomic mass is 9.92. The molecule has 1 aromatic rings. The summed E-state index contributed by atoms with van der Waals surface area (Å²) in [5.74, 6) is 1.58. The maximum atomic E-state index is 5.02. The van der Waals surface area contributed by atoms with E-state index in [9.17, 15) is 0 Å². The number of rotatable bonds is 7. The summed E-state index contributed by atoms with van der Waals surface area (Å²) < 4.78 is 5.02. The summed E-state index contributed by atoms with van der Waals surface area (Å²) in [5, 5.41) is 11.9. The minimum atomic E-state index is 0.683. The fourth-order valence-electron chi connectivity index (χ4n) is 4.00. The van der Waals surface area contributed by atoms with Crippen LogP contribution in [0.5, 0.6) is 0 Å². The zero-order chi connectivity index (χ0) is 15.9. The molecule has 0 aromatic carbocycles. The summed E-state index contributed by atoms with van der Waals surface area (Å²) in [6.07, 6.45) is 9.41. The van der Waals surface area contributed by atoms with Gasteiger partial charge in [-0.3, -0.25) is 0 Å². The summed E-state index contributed by atoms with van der Waals surface area (Å²) >= 11 is 0. The van der Waals surface area contributed by atoms with Crippen LogP contribution in [0.4, 0.5) is 5.82 Å². The van der Waals surface area contributed by atoms with Crippen LogP contribution in [0.1, 0.15) is 44.2 Å². The summed E-state index contributed by atoms with van der Waals surface area (Å²) in [6.45, 7) is 4.00. The Morgan fingerprint density at radius 1 is 1.17 bits per heavy atom. The topological polar surface area (TPSA) is 50.3 Å². The minimum absolute atomic E-state index is 0.683. The van der Waals surface area contributed by atoms with E-state index in [-0.39, 0.29) is 0 Å². The fraction of sp³-hybridized carbons (Fsp3) is 0.778. The molecule has 23 heavy (non-hydrogen) atoms. The molecule has 1 unspecified atom stereocenters. The molecule has 0 amide bonds. The molecule has 5 nitrogen and oxygen atoms in total. The smallest absolute Gasteiger partial charge is 0.148 e. The molecule has 1 saturated carbocycles. The van der Waals surface area contributed by atoms with Crippen LogP contribution in [-0.2, 0) is 11.2 Å². The van der Waals surface area contributed by atoms with Crippen LogP contribution in [-0.4, -0.2) is 54.5 Å². The molecule has 0 spiro atoms. The lowest BCUT2D eigenvalue weighted by Crippen LogP contribution is -2.42. The summed E-state index contributed by atoms with van der Waals surface area (Å²) in [4.78, 5) is 2.75. The molecule has 1 aromatic heterocycles. The maximum absolute atomic E-state index is 5.02. The standard InChI is InChI=1S/C18H30N4O/c1-23-12-10-19-18-9-8-16(20-21-18)13-15-5-4-11-22(14-15)17-6-2-3-7-17/h8-9,15,17H,2-7,10-14H2,1H3,(H,19,21). The third-order valence-corrected chi connectivity index (χ3v) is 5.22. The van der Waals surface area contributed by atoms with Crippen LogP contribution < -0.4 is 5.32 Å². The second-order valence-electron chi connectivity index (χ2n) is 6.98. The Balaban J connectivity index is 1.48. The summed E-state index contributed by atoms with van der Waals surface area (Å²) in [7, 11) is 1.70. The first kappa shape index (κ1) is 16.7. The Labute approximate surface area is 139 Å². The third kappa shape index (κ3) is 4.88. The van der Waals surface area contributed by atoms with E-state index in [4.69, 9.17) is 4.74 Å². The van der Waals surface area contributed by atoms with E-state index >= 15 is 0 Å². The van der Waals surface area contributed by atoms with Gasteiger partial charge >= 0.3 is 0 Å². The molecule has 128 valence electrons. The van der Waals surface area contributed by atoms with Crippen molar-refractivity contribution >= 4 is 5.82 Å². The molecule has 1 N–H and O–H groups in total. The predicted molar refractivity (Wildman–Crippen MR) is 92.7 cm³/mol. The van der Waals surface area contributed by atoms with E-state index in [1.165, 1.54) is 51.6 Å². The molecular formula is C18H30N4O. The van der Waals surface area contributed by atoms with Gasteiger partial charge in [0, 0.05) is 26.2 Å². The van der Waals surface area contributed by atoms with E-state index in [0.717, 1.165) is 36.4 Å². The highest BCUT2D eigenvalue weighted by atomic mass is 16.5. The first-order valence-corrected chi connectivity index (χ1v) is 9.14. The predicted octanol–water partition coefficient (Wildman–Crippen LogP) is 2.73. The van der Waals surface area contributed by atoms with E-state index in [1.807, 2.05) is 6.07 Å². The minimum Gasteiger partial charge on any atom is -0.383 e. The van der Waals surface area contributed by atoms with E-state index in [2.05, 4.69) is 26.5 Å². The van der Waals surface area contributed by atoms with Crippen molar-refractivity contribution in [3.63, 3.8) is 0 Å². The zero-order valence-corrected chi connectivity index (χ0v) is 14.3. The second kappa shape index (κ2) is 8.60. The van der Waals surface area contributed by atoms with Crippen molar-refractivity contribution in [3.05, 3.63) is 17.8 Å².